The Labute approximate surface area is 201 Å². The Bertz CT molecular complexity index is 950. The van der Waals surface area contributed by atoms with Crippen LogP contribution in [0.5, 0.6) is 5.75 Å². The third-order valence-corrected chi connectivity index (χ3v) is 7.51. The topological polar surface area (TPSA) is 120 Å². The zero-order chi connectivity index (χ0) is 24.9. The largest absolute Gasteiger partial charge is 0.478 e. The van der Waals surface area contributed by atoms with Crippen LogP contribution in [0.3, 0.4) is 0 Å². The van der Waals surface area contributed by atoms with Gasteiger partial charge >= 0.3 is 6.09 Å². The van der Waals surface area contributed by atoms with E-state index in [1.807, 2.05) is 0 Å². The van der Waals surface area contributed by atoms with Gasteiger partial charge in [0.25, 0.3) is 5.91 Å². The minimum absolute atomic E-state index is 0.0554. The monoisotopic (exact) mass is 471 g/mol. The van der Waals surface area contributed by atoms with Crippen molar-refractivity contribution in [3.8, 4) is 5.75 Å². The Morgan fingerprint density at radius 3 is 2.09 bits per heavy atom. The maximum Gasteiger partial charge on any atom is 0.412 e. The lowest BCUT2D eigenvalue weighted by Crippen LogP contribution is -2.63. The van der Waals surface area contributed by atoms with Gasteiger partial charge in [-0.25, -0.2) is 4.79 Å². The molecule has 8 nitrogen and oxygen atoms in total. The van der Waals surface area contributed by atoms with Crippen LogP contribution in [-0.4, -0.2) is 35.2 Å². The smallest absolute Gasteiger partial charge is 0.412 e. The normalized spacial score (nSPS) is 29.9. The molecule has 0 heterocycles. The van der Waals surface area contributed by atoms with Gasteiger partial charge in [-0.3, -0.25) is 14.9 Å². The van der Waals surface area contributed by atoms with Crippen LogP contribution in [0.4, 0.5) is 10.5 Å². The van der Waals surface area contributed by atoms with Crippen molar-refractivity contribution >= 4 is 23.6 Å². The van der Waals surface area contributed by atoms with E-state index in [-0.39, 0.29) is 35.1 Å². The fourth-order valence-corrected chi connectivity index (χ4v) is 6.26. The molecule has 1 aromatic rings. The fourth-order valence-electron chi connectivity index (χ4n) is 6.26. The summed E-state index contributed by atoms with van der Waals surface area (Å²) in [6, 6.07) is 6.88. The number of nitrogens with one attached hydrogen (secondary N) is 2. The van der Waals surface area contributed by atoms with E-state index >= 15 is 0 Å². The van der Waals surface area contributed by atoms with Gasteiger partial charge < -0.3 is 20.5 Å². The molecule has 2 unspecified atom stereocenters. The maximum atomic E-state index is 13.2. The molecule has 0 saturated heterocycles. The van der Waals surface area contributed by atoms with Crippen molar-refractivity contribution in [3.05, 3.63) is 24.3 Å². The van der Waals surface area contributed by atoms with Gasteiger partial charge in [-0.2, -0.15) is 0 Å². The van der Waals surface area contributed by atoms with Crippen LogP contribution in [0.15, 0.2) is 24.3 Å². The first-order valence-electron chi connectivity index (χ1n) is 12.2. The number of amides is 3. The molecule has 4 fully saturated rings. The van der Waals surface area contributed by atoms with E-state index in [0.29, 0.717) is 17.4 Å². The van der Waals surface area contributed by atoms with Crippen LogP contribution in [-0.2, 0) is 14.3 Å². The minimum Gasteiger partial charge on any atom is -0.478 e. The van der Waals surface area contributed by atoms with Gasteiger partial charge in [0.2, 0.25) is 5.91 Å². The first kappa shape index (κ1) is 24.4. The van der Waals surface area contributed by atoms with E-state index in [2.05, 4.69) is 10.6 Å². The second-order valence-corrected chi connectivity index (χ2v) is 11.9. The maximum absolute atomic E-state index is 13.2. The number of ether oxygens (including phenoxy) is 2. The van der Waals surface area contributed by atoms with Crippen molar-refractivity contribution in [2.24, 2.45) is 28.9 Å². The first-order chi connectivity index (χ1) is 15.8. The number of hydrogen-bond donors (Lipinski definition) is 3. The molecular weight excluding hydrogens is 434 g/mol. The number of hydrogen-bond acceptors (Lipinski definition) is 5. The molecular formula is C26H37N3O5. The second-order valence-electron chi connectivity index (χ2n) is 11.9. The van der Waals surface area contributed by atoms with Gasteiger partial charge in [-0.05, 0) is 109 Å². The van der Waals surface area contributed by atoms with Crippen molar-refractivity contribution in [3.63, 3.8) is 0 Å². The number of carbonyl (C=O) groups excluding carboxylic acids is 3. The van der Waals surface area contributed by atoms with Gasteiger partial charge in [-0.15, -0.1) is 0 Å². The van der Waals surface area contributed by atoms with Crippen molar-refractivity contribution in [2.75, 3.05) is 5.32 Å². The molecule has 4 saturated carbocycles. The molecule has 4 bridgehead atoms. The standard InChI is InChI=1S/C26H37N3O5/c1-24(2,3)34-23(32)28-18-6-8-19(9-7-18)33-25(4,5)22(31)29-20-16-10-15-11-17(20)14-26(12-15,13-16)21(27)30/h6-9,15-17,20H,10-14H2,1-5H3,(H2,27,30)(H,28,32)(H,29,31). The predicted octanol–water partition coefficient (Wildman–Crippen LogP) is 3.99. The molecule has 5 rings (SSSR count). The average molecular weight is 472 g/mol. The molecule has 8 heteroatoms. The second kappa shape index (κ2) is 8.47. The van der Waals surface area contributed by atoms with Gasteiger partial charge in [0.15, 0.2) is 5.60 Å². The van der Waals surface area contributed by atoms with Crippen molar-refractivity contribution in [1.29, 1.82) is 0 Å². The van der Waals surface area contributed by atoms with Crippen LogP contribution in [0.1, 0.15) is 66.7 Å². The zero-order valence-corrected chi connectivity index (χ0v) is 20.8. The summed E-state index contributed by atoms with van der Waals surface area (Å²) in [5, 5.41) is 5.93. The first-order valence-corrected chi connectivity index (χ1v) is 12.2. The van der Waals surface area contributed by atoms with E-state index in [4.69, 9.17) is 15.2 Å². The number of carbonyl (C=O) groups is 3. The van der Waals surface area contributed by atoms with Gasteiger partial charge in [0.05, 0.1) is 0 Å². The Morgan fingerprint density at radius 2 is 1.56 bits per heavy atom. The van der Waals surface area contributed by atoms with Crippen LogP contribution >= 0.6 is 0 Å². The summed E-state index contributed by atoms with van der Waals surface area (Å²) in [5.41, 5.74) is 4.31. The van der Waals surface area contributed by atoms with Gasteiger partial charge in [0.1, 0.15) is 11.4 Å². The zero-order valence-electron chi connectivity index (χ0n) is 20.8. The highest BCUT2D eigenvalue weighted by molar-refractivity contribution is 5.86. The summed E-state index contributed by atoms with van der Waals surface area (Å²) in [4.78, 5) is 37.3. The molecule has 3 amide bonds. The lowest BCUT2D eigenvalue weighted by Gasteiger charge is -2.59. The molecule has 2 atom stereocenters. The van der Waals surface area contributed by atoms with E-state index in [0.717, 1.165) is 32.1 Å². The lowest BCUT2D eigenvalue weighted by atomic mass is 9.47. The number of rotatable bonds is 6. The van der Waals surface area contributed by atoms with Crippen molar-refractivity contribution in [2.45, 2.75) is 84.0 Å². The highest BCUT2D eigenvalue weighted by atomic mass is 16.6. The highest BCUT2D eigenvalue weighted by Crippen LogP contribution is 2.59. The number of benzene rings is 1. The molecule has 34 heavy (non-hydrogen) atoms. The van der Waals surface area contributed by atoms with Crippen molar-refractivity contribution in [1.82, 2.24) is 5.32 Å². The summed E-state index contributed by atoms with van der Waals surface area (Å²) >= 11 is 0. The SMILES string of the molecule is CC(C)(C)OC(=O)Nc1ccc(OC(C)(C)C(=O)NC2C3CC4CC2CC(C(N)=O)(C4)C3)cc1. The number of anilines is 1. The Kier molecular flexibility index (Phi) is 6.07. The summed E-state index contributed by atoms with van der Waals surface area (Å²) in [6.07, 6.45) is 4.01. The molecule has 4 N–H and O–H groups in total. The average Bonchev–Trinajstić information content (AvgIpc) is 2.69. The van der Waals surface area contributed by atoms with Crippen LogP contribution in [0.2, 0.25) is 0 Å². The van der Waals surface area contributed by atoms with Gasteiger partial charge in [0, 0.05) is 17.1 Å². The Balaban J connectivity index is 1.35. The summed E-state index contributed by atoms with van der Waals surface area (Å²) in [5.74, 6) is 1.29. The minimum atomic E-state index is -1.09. The molecule has 1 aromatic carbocycles. The Hall–Kier alpha value is -2.77. The van der Waals surface area contributed by atoms with E-state index < -0.39 is 17.3 Å². The molecule has 0 aromatic heterocycles. The Morgan fingerprint density at radius 1 is 0.971 bits per heavy atom. The molecule has 4 aliphatic rings. The van der Waals surface area contributed by atoms with E-state index in [1.165, 1.54) is 0 Å². The molecule has 186 valence electrons. The molecule has 0 radical (unpaired) electrons. The summed E-state index contributed by atoms with van der Waals surface area (Å²) in [7, 11) is 0. The fraction of sp³-hybridized carbons (Fsp3) is 0.654. The number of nitrogens with two attached hydrogens (primary N) is 1. The van der Waals surface area contributed by atoms with E-state index in [9.17, 15) is 14.4 Å². The lowest BCUT2D eigenvalue weighted by molar-refractivity contribution is -0.150. The molecule has 4 aliphatic carbocycles. The summed E-state index contributed by atoms with van der Waals surface area (Å²) < 4.78 is 11.3. The molecule has 0 aliphatic heterocycles. The summed E-state index contributed by atoms with van der Waals surface area (Å²) in [6.45, 7) is 8.90. The van der Waals surface area contributed by atoms with Gasteiger partial charge in [-0.1, -0.05) is 0 Å². The van der Waals surface area contributed by atoms with E-state index in [1.54, 1.807) is 58.9 Å². The van der Waals surface area contributed by atoms with Crippen molar-refractivity contribution < 1.29 is 23.9 Å². The van der Waals surface area contributed by atoms with Crippen LogP contribution in [0, 0.1) is 23.2 Å². The highest BCUT2D eigenvalue weighted by Gasteiger charge is 2.58. The predicted molar refractivity (Wildman–Crippen MR) is 128 cm³/mol. The third-order valence-electron chi connectivity index (χ3n) is 7.51. The van der Waals surface area contributed by atoms with Crippen LogP contribution < -0.4 is 21.1 Å². The third kappa shape index (κ3) is 5.00. The van der Waals surface area contributed by atoms with Crippen LogP contribution in [0.25, 0.3) is 0 Å². The number of primary amides is 1. The molecule has 0 spiro atoms. The quantitative estimate of drug-likeness (QED) is 0.580.